The molecule has 0 unspecified atom stereocenters. The molecule has 1 amide bonds. The number of aryl methyl sites for hydroxylation is 1. The van der Waals surface area contributed by atoms with E-state index in [4.69, 9.17) is 9.47 Å². The van der Waals surface area contributed by atoms with Crippen molar-refractivity contribution in [1.29, 1.82) is 10.5 Å². The van der Waals surface area contributed by atoms with Crippen molar-refractivity contribution in [2.45, 2.75) is 20.4 Å². The largest absolute Gasteiger partial charge is 0.451 e. The molecule has 178 valence electrons. The normalized spacial score (nSPS) is 10.9. The molecule has 10 nitrogen and oxygen atoms in total. The first-order chi connectivity index (χ1) is 16.9. The monoisotopic (exact) mass is 472 g/mol. The van der Waals surface area contributed by atoms with Crippen LogP contribution in [0, 0.1) is 36.5 Å². The predicted molar refractivity (Wildman–Crippen MR) is 127 cm³/mol. The van der Waals surface area contributed by atoms with E-state index in [2.05, 4.69) is 10.4 Å². The van der Waals surface area contributed by atoms with Gasteiger partial charge in [0, 0.05) is 25.0 Å². The second-order valence-corrected chi connectivity index (χ2v) is 7.53. The molecule has 35 heavy (non-hydrogen) atoms. The zero-order valence-electron chi connectivity index (χ0n) is 19.6. The highest BCUT2D eigenvalue weighted by Crippen LogP contribution is 2.20. The summed E-state index contributed by atoms with van der Waals surface area (Å²) in [6.45, 7) is 4.32. The summed E-state index contributed by atoms with van der Waals surface area (Å²) in [5.41, 5.74) is 3.07. The van der Waals surface area contributed by atoms with Crippen molar-refractivity contribution in [3.05, 3.63) is 70.7 Å². The molecule has 2 aromatic heterocycles. The maximum atomic E-state index is 12.5. The van der Waals surface area contributed by atoms with Crippen LogP contribution in [0.2, 0.25) is 0 Å². The molecule has 0 atom stereocenters. The number of anilines is 1. The molecule has 0 aliphatic carbocycles. The molecule has 0 aliphatic heterocycles. The van der Waals surface area contributed by atoms with E-state index in [0.717, 1.165) is 11.4 Å². The Morgan fingerprint density at radius 1 is 1.20 bits per heavy atom. The van der Waals surface area contributed by atoms with Gasteiger partial charge in [-0.2, -0.15) is 15.6 Å². The van der Waals surface area contributed by atoms with Crippen molar-refractivity contribution in [2.24, 2.45) is 0 Å². The zero-order chi connectivity index (χ0) is 25.4. The lowest BCUT2D eigenvalue weighted by Crippen LogP contribution is -2.23. The Hall–Kier alpha value is -4.67. The molecule has 0 saturated heterocycles. The molecule has 0 fully saturated rings. The third-order valence-corrected chi connectivity index (χ3v) is 5.25. The molecule has 3 rings (SSSR count). The Labute approximate surface area is 202 Å². The van der Waals surface area contributed by atoms with Crippen LogP contribution in [-0.4, -0.2) is 46.5 Å². The van der Waals surface area contributed by atoms with Gasteiger partial charge in [0.1, 0.15) is 23.3 Å². The predicted octanol–water partition coefficient (Wildman–Crippen LogP) is 2.90. The van der Waals surface area contributed by atoms with Crippen LogP contribution >= 0.6 is 0 Å². The van der Waals surface area contributed by atoms with Gasteiger partial charge in [-0.25, -0.2) is 9.48 Å². The topological polar surface area (TPSA) is 135 Å². The average molecular weight is 473 g/mol. The van der Waals surface area contributed by atoms with E-state index >= 15 is 0 Å². The number of nitriles is 2. The Kier molecular flexibility index (Phi) is 8.17. The van der Waals surface area contributed by atoms with E-state index in [1.54, 1.807) is 31.4 Å². The lowest BCUT2D eigenvalue weighted by atomic mass is 10.1. The summed E-state index contributed by atoms with van der Waals surface area (Å²) in [5, 5.41) is 25.5. The number of nitrogens with one attached hydrogen (secondary N) is 1. The summed E-state index contributed by atoms with van der Waals surface area (Å²) in [7, 11) is 1.62. The minimum absolute atomic E-state index is 0.148. The summed E-state index contributed by atoms with van der Waals surface area (Å²) in [5.74, 6) is -1.46. The van der Waals surface area contributed by atoms with Gasteiger partial charge in [-0.05, 0) is 43.7 Å². The second-order valence-electron chi connectivity index (χ2n) is 7.53. The average Bonchev–Trinajstić information content (AvgIpc) is 3.39. The zero-order valence-corrected chi connectivity index (χ0v) is 19.6. The van der Waals surface area contributed by atoms with Crippen LogP contribution < -0.4 is 5.32 Å². The van der Waals surface area contributed by atoms with Crippen molar-refractivity contribution in [3.63, 3.8) is 0 Å². The van der Waals surface area contributed by atoms with Gasteiger partial charge >= 0.3 is 5.97 Å². The fourth-order valence-corrected chi connectivity index (χ4v) is 3.49. The first kappa shape index (κ1) is 25.0. The van der Waals surface area contributed by atoms with Crippen molar-refractivity contribution in [1.82, 2.24) is 14.3 Å². The van der Waals surface area contributed by atoms with Crippen LogP contribution in [0.4, 0.5) is 5.82 Å². The van der Waals surface area contributed by atoms with Crippen molar-refractivity contribution in [2.75, 3.05) is 25.6 Å². The van der Waals surface area contributed by atoms with E-state index in [1.807, 2.05) is 42.7 Å². The lowest BCUT2D eigenvalue weighted by Gasteiger charge is -2.10. The first-order valence-electron chi connectivity index (χ1n) is 10.7. The Bertz CT molecular complexity index is 1340. The SMILES string of the molecule is COCCn1c(C)cc(/C=C(/C#N)C(=O)OCC(=O)Nc2c(C#N)cnn2-c2ccccc2)c1C. The molecule has 0 aliphatic rings. The highest BCUT2D eigenvalue weighted by molar-refractivity contribution is 6.00. The maximum Gasteiger partial charge on any atom is 0.349 e. The number of para-hydroxylation sites is 1. The number of esters is 1. The van der Waals surface area contributed by atoms with Gasteiger partial charge in [-0.15, -0.1) is 0 Å². The molecule has 1 N–H and O–H groups in total. The summed E-state index contributed by atoms with van der Waals surface area (Å²) < 4.78 is 13.6. The summed E-state index contributed by atoms with van der Waals surface area (Å²) in [6.07, 6.45) is 2.76. The summed E-state index contributed by atoms with van der Waals surface area (Å²) in [6, 6.07) is 14.6. The van der Waals surface area contributed by atoms with E-state index < -0.39 is 18.5 Å². The summed E-state index contributed by atoms with van der Waals surface area (Å²) in [4.78, 5) is 25.0. The van der Waals surface area contributed by atoms with Gasteiger partial charge in [0.25, 0.3) is 5.91 Å². The first-order valence-corrected chi connectivity index (χ1v) is 10.7. The standard InChI is InChI=1S/C25H24N6O4/c1-17-11-19(18(2)30(17)9-10-34-3)12-20(13-26)25(33)35-16-23(32)29-24-21(14-27)15-28-31(24)22-7-5-4-6-8-22/h4-8,11-12,15H,9-10,16H2,1-3H3,(H,29,32)/b20-12-. The number of carbonyl (C=O) groups is 2. The van der Waals surface area contributed by atoms with Crippen LogP contribution in [0.25, 0.3) is 11.8 Å². The van der Waals surface area contributed by atoms with E-state index in [0.29, 0.717) is 24.4 Å². The molecule has 0 spiro atoms. The smallest absolute Gasteiger partial charge is 0.349 e. The van der Waals surface area contributed by atoms with Crippen LogP contribution in [0.15, 0.2) is 48.2 Å². The highest BCUT2D eigenvalue weighted by Gasteiger charge is 2.18. The molecular formula is C25H24N6O4. The number of nitrogens with zero attached hydrogens (tertiary/aromatic N) is 5. The van der Waals surface area contributed by atoms with Crippen LogP contribution in [0.5, 0.6) is 0 Å². The molecule has 0 bridgehead atoms. The Morgan fingerprint density at radius 3 is 2.60 bits per heavy atom. The van der Waals surface area contributed by atoms with E-state index in [1.165, 1.54) is 17.0 Å². The van der Waals surface area contributed by atoms with E-state index in [-0.39, 0.29) is 17.0 Å². The molecular weight excluding hydrogens is 448 g/mol. The van der Waals surface area contributed by atoms with Crippen molar-refractivity contribution >= 4 is 23.8 Å². The Morgan fingerprint density at radius 2 is 1.94 bits per heavy atom. The fraction of sp³-hybridized carbons (Fsp3) is 0.240. The lowest BCUT2D eigenvalue weighted by molar-refractivity contribution is -0.142. The number of carbonyl (C=O) groups excluding carboxylic acids is 2. The van der Waals surface area contributed by atoms with Gasteiger partial charge in [0.05, 0.1) is 18.5 Å². The number of benzene rings is 1. The number of amides is 1. The molecule has 0 radical (unpaired) electrons. The summed E-state index contributed by atoms with van der Waals surface area (Å²) >= 11 is 0. The highest BCUT2D eigenvalue weighted by atomic mass is 16.5. The third-order valence-electron chi connectivity index (χ3n) is 5.25. The van der Waals surface area contributed by atoms with Crippen LogP contribution in [-0.2, 0) is 25.6 Å². The number of rotatable bonds is 9. The quantitative estimate of drug-likeness (QED) is 0.287. The van der Waals surface area contributed by atoms with Crippen molar-refractivity contribution in [3.8, 4) is 17.8 Å². The van der Waals surface area contributed by atoms with Gasteiger partial charge in [-0.3, -0.25) is 4.79 Å². The molecule has 1 aromatic carbocycles. The van der Waals surface area contributed by atoms with Gasteiger partial charge in [-0.1, -0.05) is 18.2 Å². The molecule has 3 aromatic rings. The molecule has 2 heterocycles. The van der Waals surface area contributed by atoms with Gasteiger partial charge < -0.3 is 19.4 Å². The number of ether oxygens (including phenoxy) is 2. The fourth-order valence-electron chi connectivity index (χ4n) is 3.49. The minimum atomic E-state index is -0.929. The Balaban J connectivity index is 1.70. The van der Waals surface area contributed by atoms with Crippen LogP contribution in [0.1, 0.15) is 22.5 Å². The molecule has 10 heteroatoms. The van der Waals surface area contributed by atoms with Crippen LogP contribution in [0.3, 0.4) is 0 Å². The van der Waals surface area contributed by atoms with E-state index in [9.17, 15) is 20.1 Å². The number of hydrogen-bond acceptors (Lipinski definition) is 7. The number of hydrogen-bond donors (Lipinski definition) is 1. The van der Waals surface area contributed by atoms with Gasteiger partial charge in [0.15, 0.2) is 12.4 Å². The second kappa shape index (κ2) is 11.5. The maximum absolute atomic E-state index is 12.5. The molecule has 0 saturated carbocycles. The third kappa shape index (κ3) is 5.82. The number of aromatic nitrogens is 3. The minimum Gasteiger partial charge on any atom is -0.451 e. The van der Waals surface area contributed by atoms with Crippen molar-refractivity contribution < 1.29 is 19.1 Å². The van der Waals surface area contributed by atoms with Gasteiger partial charge in [0.2, 0.25) is 0 Å². The number of methoxy groups -OCH3 is 1.